The van der Waals surface area contributed by atoms with Crippen LogP contribution in [0.1, 0.15) is 15.9 Å². The van der Waals surface area contributed by atoms with E-state index in [1.807, 2.05) is 13.0 Å². The van der Waals surface area contributed by atoms with Crippen molar-refractivity contribution in [2.75, 3.05) is 10.0 Å². The maximum Gasteiger partial charge on any atom is 0.271 e. The monoisotopic (exact) mass is 480 g/mol. The van der Waals surface area contributed by atoms with E-state index in [2.05, 4.69) is 20.9 Å². The van der Waals surface area contributed by atoms with Crippen molar-refractivity contribution in [1.29, 1.82) is 0 Å². The highest BCUT2D eigenvalue weighted by Gasteiger charge is 2.19. The second kappa shape index (κ2) is 9.43. The van der Waals surface area contributed by atoms with Crippen molar-refractivity contribution < 1.29 is 13.2 Å². The van der Waals surface area contributed by atoms with Gasteiger partial charge >= 0.3 is 0 Å². The molecule has 7 nitrogen and oxygen atoms in total. The third-order valence-corrected chi connectivity index (χ3v) is 7.27. The Morgan fingerprint density at radius 1 is 1.07 bits per heavy atom. The molecule has 0 aliphatic rings. The largest absolute Gasteiger partial charge is 0.331 e. The lowest BCUT2D eigenvalue weighted by Crippen LogP contribution is -2.44. The van der Waals surface area contributed by atoms with Crippen molar-refractivity contribution in [1.82, 2.24) is 10.9 Å². The van der Waals surface area contributed by atoms with Crippen molar-refractivity contribution in [2.24, 2.45) is 0 Å². The van der Waals surface area contributed by atoms with Gasteiger partial charge in [-0.05, 0) is 60.4 Å². The van der Waals surface area contributed by atoms with Gasteiger partial charge in [-0.15, -0.1) is 11.3 Å². The first-order valence-electron chi connectivity index (χ1n) is 8.55. The summed E-state index contributed by atoms with van der Waals surface area (Å²) in [6.45, 7) is 1.88. The minimum Gasteiger partial charge on any atom is -0.331 e. The molecule has 1 amide bonds. The van der Waals surface area contributed by atoms with Crippen LogP contribution in [0.4, 0.5) is 11.4 Å². The highest BCUT2D eigenvalue weighted by molar-refractivity contribution is 7.94. The molecular weight excluding hydrogens is 464 g/mol. The number of rotatable bonds is 5. The molecule has 0 spiro atoms. The zero-order valence-electron chi connectivity index (χ0n) is 15.6. The lowest BCUT2D eigenvalue weighted by Gasteiger charge is -2.14. The summed E-state index contributed by atoms with van der Waals surface area (Å²) in [6.07, 6.45) is 0. The number of carbonyl (C=O) groups is 1. The topological polar surface area (TPSA) is 99.3 Å². The number of nitrogens with one attached hydrogen (secondary N) is 4. The van der Waals surface area contributed by atoms with Crippen molar-refractivity contribution in [3.8, 4) is 0 Å². The molecule has 0 saturated carbocycles. The highest BCUT2D eigenvalue weighted by Crippen LogP contribution is 2.23. The lowest BCUT2D eigenvalue weighted by molar-refractivity contribution is 0.0945. The van der Waals surface area contributed by atoms with Crippen LogP contribution in [0.2, 0.25) is 5.02 Å². The van der Waals surface area contributed by atoms with Crippen LogP contribution in [0.15, 0.2) is 64.2 Å². The molecule has 0 atom stereocenters. The number of aryl methyl sites for hydroxylation is 1. The molecule has 2 aromatic carbocycles. The minimum atomic E-state index is -3.79. The molecule has 3 rings (SSSR count). The molecule has 0 saturated heterocycles. The summed E-state index contributed by atoms with van der Waals surface area (Å²) >= 11 is 12.3. The number of para-hydroxylation sites is 1. The van der Waals surface area contributed by atoms with Crippen molar-refractivity contribution in [3.05, 3.63) is 76.1 Å². The van der Waals surface area contributed by atoms with E-state index in [0.29, 0.717) is 10.7 Å². The van der Waals surface area contributed by atoms with Gasteiger partial charge in [0.2, 0.25) is 0 Å². The van der Waals surface area contributed by atoms with Crippen LogP contribution >= 0.6 is 35.2 Å². The van der Waals surface area contributed by atoms with Crippen LogP contribution in [0, 0.1) is 6.92 Å². The Kier molecular flexibility index (Phi) is 6.93. The van der Waals surface area contributed by atoms with Gasteiger partial charge in [0.05, 0.1) is 11.3 Å². The van der Waals surface area contributed by atoms with Crippen molar-refractivity contribution >= 4 is 67.6 Å². The molecule has 11 heteroatoms. The fraction of sp³-hybridized carbons (Fsp3) is 0.0526. The van der Waals surface area contributed by atoms with Gasteiger partial charge in [0.1, 0.15) is 4.21 Å². The summed E-state index contributed by atoms with van der Waals surface area (Å²) in [5.41, 5.74) is 6.89. The van der Waals surface area contributed by atoms with E-state index in [-0.39, 0.29) is 20.6 Å². The van der Waals surface area contributed by atoms with Crippen molar-refractivity contribution in [3.63, 3.8) is 0 Å². The molecule has 0 aliphatic heterocycles. The minimum absolute atomic E-state index is 0.131. The third kappa shape index (κ3) is 5.48. The average Bonchev–Trinajstić information content (AvgIpc) is 3.25. The van der Waals surface area contributed by atoms with Crippen LogP contribution in [-0.4, -0.2) is 19.4 Å². The molecule has 0 radical (unpaired) electrons. The average molecular weight is 481 g/mol. The smallest absolute Gasteiger partial charge is 0.271 e. The number of sulfonamides is 1. The summed E-state index contributed by atoms with van der Waals surface area (Å²) < 4.78 is 27.5. The Morgan fingerprint density at radius 3 is 2.53 bits per heavy atom. The first kappa shape index (κ1) is 22.0. The third-order valence-electron chi connectivity index (χ3n) is 3.90. The zero-order chi connectivity index (χ0) is 21.7. The fourth-order valence-corrected chi connectivity index (χ4v) is 4.82. The predicted molar refractivity (Wildman–Crippen MR) is 125 cm³/mol. The maximum absolute atomic E-state index is 12.6. The fourth-order valence-electron chi connectivity index (χ4n) is 2.40. The summed E-state index contributed by atoms with van der Waals surface area (Å²) in [7, 11) is -3.79. The van der Waals surface area contributed by atoms with Gasteiger partial charge in [0.15, 0.2) is 5.11 Å². The summed E-state index contributed by atoms with van der Waals surface area (Å²) in [6, 6.07) is 14.7. The second-order valence-corrected chi connectivity index (χ2v) is 9.75. The van der Waals surface area contributed by atoms with Gasteiger partial charge in [-0.1, -0.05) is 35.9 Å². The number of benzene rings is 2. The van der Waals surface area contributed by atoms with Gasteiger partial charge in [-0.3, -0.25) is 20.4 Å². The number of thiophene rings is 1. The van der Waals surface area contributed by atoms with Crippen LogP contribution in [0.3, 0.4) is 0 Å². The van der Waals surface area contributed by atoms with Gasteiger partial charge in [0.25, 0.3) is 15.9 Å². The van der Waals surface area contributed by atoms with E-state index >= 15 is 0 Å². The van der Waals surface area contributed by atoms with Crippen LogP contribution in [0.25, 0.3) is 0 Å². The second-order valence-electron chi connectivity index (χ2n) is 6.08. The normalized spacial score (nSPS) is 10.9. The number of carbonyl (C=O) groups excluding carboxylic acids is 1. The molecule has 4 N–H and O–H groups in total. The molecule has 0 bridgehead atoms. The lowest BCUT2D eigenvalue weighted by atomic mass is 10.2. The first-order valence-corrected chi connectivity index (χ1v) is 11.7. The van der Waals surface area contributed by atoms with E-state index in [1.165, 1.54) is 18.2 Å². The van der Waals surface area contributed by atoms with E-state index in [9.17, 15) is 13.2 Å². The van der Waals surface area contributed by atoms with Gasteiger partial charge in [0, 0.05) is 10.7 Å². The maximum atomic E-state index is 12.6. The number of hydrogen-bond acceptors (Lipinski definition) is 5. The number of thiocarbonyl (C=S) groups is 1. The Hall–Kier alpha value is -2.66. The standard InChI is InChI=1S/C19H17ClN4O3S3/c1-12-8-9-13(11-15(12)20)21-19(28)23-22-18(25)14-5-2-3-6-16(14)24-30(26,27)17-7-4-10-29-17/h2-11,24H,1H3,(H,22,25)(H2,21,23,28). The van der Waals surface area contributed by atoms with E-state index in [4.69, 9.17) is 23.8 Å². The van der Waals surface area contributed by atoms with Gasteiger partial charge in [-0.2, -0.15) is 0 Å². The Labute approximate surface area is 188 Å². The molecule has 0 fully saturated rings. The number of hydrogen-bond donors (Lipinski definition) is 4. The summed E-state index contributed by atoms with van der Waals surface area (Å²) in [5, 5.41) is 5.28. The number of hydrazine groups is 1. The molecule has 0 aliphatic carbocycles. The molecule has 156 valence electrons. The zero-order valence-corrected chi connectivity index (χ0v) is 18.8. The van der Waals surface area contributed by atoms with Crippen LogP contribution in [-0.2, 0) is 10.0 Å². The molecule has 3 aromatic rings. The molecule has 30 heavy (non-hydrogen) atoms. The number of amides is 1. The van der Waals surface area contributed by atoms with Gasteiger partial charge < -0.3 is 5.32 Å². The summed E-state index contributed by atoms with van der Waals surface area (Å²) in [5.74, 6) is -0.564. The SMILES string of the molecule is Cc1ccc(NC(=S)NNC(=O)c2ccccc2NS(=O)(=O)c2cccs2)cc1Cl. The highest BCUT2D eigenvalue weighted by atomic mass is 35.5. The first-order chi connectivity index (χ1) is 14.3. The molecule has 0 unspecified atom stereocenters. The van der Waals surface area contributed by atoms with Crippen LogP contribution < -0.4 is 20.9 Å². The molecule has 1 aromatic heterocycles. The Morgan fingerprint density at radius 2 is 1.83 bits per heavy atom. The quantitative estimate of drug-likeness (QED) is 0.323. The molecule has 1 heterocycles. The predicted octanol–water partition coefficient (Wildman–Crippen LogP) is 4.14. The van der Waals surface area contributed by atoms with Gasteiger partial charge in [-0.25, -0.2) is 8.42 Å². The Bertz CT molecular complexity index is 1180. The Balaban J connectivity index is 1.66. The molecular formula is C19H17ClN4O3S3. The number of halogens is 1. The van der Waals surface area contributed by atoms with E-state index in [1.54, 1.807) is 35.7 Å². The van der Waals surface area contributed by atoms with Crippen LogP contribution in [0.5, 0.6) is 0 Å². The summed E-state index contributed by atoms with van der Waals surface area (Å²) in [4.78, 5) is 12.6. The van der Waals surface area contributed by atoms with Crippen molar-refractivity contribution in [2.45, 2.75) is 11.1 Å². The van der Waals surface area contributed by atoms with E-state index < -0.39 is 15.9 Å². The van der Waals surface area contributed by atoms with E-state index in [0.717, 1.165) is 16.9 Å². The number of anilines is 2.